The van der Waals surface area contributed by atoms with Gasteiger partial charge in [0.25, 0.3) is 5.91 Å². The highest BCUT2D eigenvalue weighted by Crippen LogP contribution is 2.23. The number of anilines is 1. The van der Waals surface area contributed by atoms with Crippen LogP contribution in [0.25, 0.3) is 11.3 Å². The van der Waals surface area contributed by atoms with Crippen molar-refractivity contribution in [1.82, 2.24) is 25.1 Å². The number of carbonyl (C=O) groups excluding carboxylic acids is 1. The van der Waals surface area contributed by atoms with Gasteiger partial charge in [0, 0.05) is 34.6 Å². The molecule has 1 atom stereocenters. The number of aromatic nitrogens is 4. The summed E-state index contributed by atoms with van der Waals surface area (Å²) in [4.78, 5) is 21.2. The predicted octanol–water partition coefficient (Wildman–Crippen LogP) is 3.36. The topological polar surface area (TPSA) is 98.7 Å². The van der Waals surface area contributed by atoms with Crippen molar-refractivity contribution in [2.75, 3.05) is 5.73 Å². The Morgan fingerprint density at radius 3 is 2.61 bits per heavy atom. The Kier molecular flexibility index (Phi) is 5.44. The molecule has 0 fully saturated rings. The maximum Gasteiger partial charge on any atom is 0.251 e. The molecule has 1 amide bonds. The van der Waals surface area contributed by atoms with Crippen molar-refractivity contribution < 1.29 is 4.79 Å². The highest BCUT2D eigenvalue weighted by atomic mass is 16.1. The summed E-state index contributed by atoms with van der Waals surface area (Å²) in [5.74, 6) is 0.0773. The summed E-state index contributed by atoms with van der Waals surface area (Å²) in [5, 5.41) is 7.62. The van der Waals surface area contributed by atoms with E-state index in [9.17, 15) is 4.79 Å². The number of nitrogens with one attached hydrogen (secondary N) is 1. The minimum absolute atomic E-state index is 0.142. The van der Waals surface area contributed by atoms with Gasteiger partial charge in [0.15, 0.2) is 0 Å². The molecule has 0 radical (unpaired) electrons. The number of hydrogen-bond donors (Lipinski definition) is 2. The second-order valence-corrected chi connectivity index (χ2v) is 6.93. The molecular weight excluding hydrogens is 352 g/mol. The number of benzene rings is 1. The van der Waals surface area contributed by atoms with Crippen LogP contribution in [-0.4, -0.2) is 25.7 Å². The number of aryl methyl sites for hydroxylation is 3. The van der Waals surface area contributed by atoms with Crippen LogP contribution in [-0.2, 0) is 6.54 Å². The molecule has 0 spiro atoms. The smallest absolute Gasteiger partial charge is 0.251 e. The van der Waals surface area contributed by atoms with Crippen molar-refractivity contribution in [3.63, 3.8) is 0 Å². The molecule has 7 heteroatoms. The zero-order valence-electron chi connectivity index (χ0n) is 16.9. The van der Waals surface area contributed by atoms with Crippen LogP contribution in [0.1, 0.15) is 52.9 Å². The Bertz CT molecular complexity index is 1000. The van der Waals surface area contributed by atoms with E-state index in [0.717, 1.165) is 34.8 Å². The quantitative estimate of drug-likeness (QED) is 0.709. The maximum absolute atomic E-state index is 12.8. The van der Waals surface area contributed by atoms with E-state index in [0.29, 0.717) is 11.3 Å². The number of nitrogen functional groups attached to an aromatic ring is 1. The van der Waals surface area contributed by atoms with E-state index < -0.39 is 0 Å². The summed E-state index contributed by atoms with van der Waals surface area (Å²) in [6.45, 7) is 10.7. The molecule has 3 N–H and O–H groups in total. The van der Waals surface area contributed by atoms with Crippen LogP contribution in [0.4, 0.5) is 5.95 Å². The number of carbonyl (C=O) groups is 1. The van der Waals surface area contributed by atoms with Gasteiger partial charge in [-0.15, -0.1) is 0 Å². The Hall–Kier alpha value is -3.22. The van der Waals surface area contributed by atoms with Crippen LogP contribution >= 0.6 is 0 Å². The summed E-state index contributed by atoms with van der Waals surface area (Å²) in [6.07, 6.45) is 0. The average Bonchev–Trinajstić information content (AvgIpc) is 2.94. The van der Waals surface area contributed by atoms with Crippen LogP contribution < -0.4 is 11.1 Å². The van der Waals surface area contributed by atoms with Gasteiger partial charge in [-0.2, -0.15) is 5.10 Å². The first-order chi connectivity index (χ1) is 13.3. The summed E-state index contributed by atoms with van der Waals surface area (Å²) in [6, 6.07) is 9.06. The Balaban J connectivity index is 1.84. The van der Waals surface area contributed by atoms with Gasteiger partial charge in [0.05, 0.1) is 17.4 Å². The monoisotopic (exact) mass is 378 g/mol. The van der Waals surface area contributed by atoms with E-state index in [4.69, 9.17) is 5.73 Å². The Labute approximate surface area is 165 Å². The molecule has 2 aromatic heterocycles. The van der Waals surface area contributed by atoms with Crippen molar-refractivity contribution in [2.24, 2.45) is 0 Å². The van der Waals surface area contributed by atoms with Gasteiger partial charge >= 0.3 is 0 Å². The van der Waals surface area contributed by atoms with Crippen molar-refractivity contribution in [3.8, 4) is 11.3 Å². The number of rotatable bonds is 5. The maximum atomic E-state index is 12.8. The fraction of sp³-hybridized carbons (Fsp3) is 0.333. The first-order valence-electron chi connectivity index (χ1n) is 9.36. The lowest BCUT2D eigenvalue weighted by molar-refractivity contribution is 0.0940. The molecule has 146 valence electrons. The summed E-state index contributed by atoms with van der Waals surface area (Å²) in [5.41, 5.74) is 11.7. The SMILES string of the molecule is CCn1nc(C)c([C@@H](C)NC(=O)c2cccc(-c3cc(C)nc(N)n3)c2)c1C. The third kappa shape index (κ3) is 3.88. The summed E-state index contributed by atoms with van der Waals surface area (Å²) < 4.78 is 1.95. The summed E-state index contributed by atoms with van der Waals surface area (Å²) in [7, 11) is 0. The molecule has 0 bridgehead atoms. The van der Waals surface area contributed by atoms with E-state index >= 15 is 0 Å². The third-order valence-electron chi connectivity index (χ3n) is 4.81. The standard InChI is InChI=1S/C21H26N6O/c1-6-27-15(5)19(14(4)26-27)13(3)24-20(28)17-9-7-8-16(11-17)18-10-12(2)23-21(22)25-18/h7-11,13H,6H2,1-5H3,(H,24,28)(H2,22,23,25)/t13-/m1/s1. The molecule has 0 unspecified atom stereocenters. The molecule has 1 aromatic carbocycles. The third-order valence-corrected chi connectivity index (χ3v) is 4.81. The first-order valence-corrected chi connectivity index (χ1v) is 9.36. The van der Waals surface area contributed by atoms with Gasteiger partial charge in [-0.3, -0.25) is 9.48 Å². The molecule has 0 saturated carbocycles. The fourth-order valence-corrected chi connectivity index (χ4v) is 3.56. The molecule has 7 nitrogen and oxygen atoms in total. The second kappa shape index (κ2) is 7.80. The normalized spacial score (nSPS) is 12.0. The van der Waals surface area contributed by atoms with Crippen LogP contribution in [0.2, 0.25) is 0 Å². The zero-order valence-corrected chi connectivity index (χ0v) is 16.9. The van der Waals surface area contributed by atoms with E-state index in [1.165, 1.54) is 0 Å². The first kappa shape index (κ1) is 19.5. The molecule has 0 aliphatic rings. The molecule has 0 aliphatic heterocycles. The molecule has 3 aromatic rings. The van der Waals surface area contributed by atoms with Gasteiger partial charge in [0.1, 0.15) is 0 Å². The van der Waals surface area contributed by atoms with E-state index in [1.54, 1.807) is 6.07 Å². The molecule has 0 saturated heterocycles. The van der Waals surface area contributed by atoms with E-state index in [2.05, 4.69) is 27.3 Å². The lowest BCUT2D eigenvalue weighted by Crippen LogP contribution is -2.27. The predicted molar refractivity (Wildman–Crippen MR) is 110 cm³/mol. The van der Waals surface area contributed by atoms with Crippen molar-refractivity contribution in [2.45, 2.75) is 47.2 Å². The van der Waals surface area contributed by atoms with Crippen molar-refractivity contribution in [3.05, 3.63) is 58.5 Å². The number of hydrogen-bond acceptors (Lipinski definition) is 5. The van der Waals surface area contributed by atoms with Gasteiger partial charge < -0.3 is 11.1 Å². The number of amides is 1. The Morgan fingerprint density at radius 2 is 1.96 bits per heavy atom. The molecular formula is C21H26N6O. The highest BCUT2D eigenvalue weighted by molar-refractivity contribution is 5.95. The van der Waals surface area contributed by atoms with E-state index in [-0.39, 0.29) is 17.9 Å². The molecule has 28 heavy (non-hydrogen) atoms. The second-order valence-electron chi connectivity index (χ2n) is 6.93. The minimum Gasteiger partial charge on any atom is -0.368 e. The van der Waals surface area contributed by atoms with Gasteiger partial charge in [-0.1, -0.05) is 12.1 Å². The molecule has 3 rings (SSSR count). The van der Waals surface area contributed by atoms with Crippen LogP contribution in [0.15, 0.2) is 30.3 Å². The van der Waals surface area contributed by atoms with E-state index in [1.807, 2.05) is 56.6 Å². The fourth-order valence-electron chi connectivity index (χ4n) is 3.56. The average molecular weight is 378 g/mol. The minimum atomic E-state index is -0.145. The van der Waals surface area contributed by atoms with Crippen LogP contribution in [0.5, 0.6) is 0 Å². The van der Waals surface area contributed by atoms with Crippen LogP contribution in [0.3, 0.4) is 0 Å². The lowest BCUT2D eigenvalue weighted by Gasteiger charge is -2.15. The zero-order chi connectivity index (χ0) is 20.4. The summed E-state index contributed by atoms with van der Waals surface area (Å²) >= 11 is 0. The van der Waals surface area contributed by atoms with Crippen LogP contribution in [0, 0.1) is 20.8 Å². The van der Waals surface area contributed by atoms with Gasteiger partial charge in [-0.25, -0.2) is 9.97 Å². The van der Waals surface area contributed by atoms with Gasteiger partial charge in [0.2, 0.25) is 5.95 Å². The largest absolute Gasteiger partial charge is 0.368 e. The highest BCUT2D eigenvalue weighted by Gasteiger charge is 2.19. The molecule has 2 heterocycles. The number of nitrogens with two attached hydrogens (primary N) is 1. The Morgan fingerprint density at radius 1 is 1.21 bits per heavy atom. The molecule has 0 aliphatic carbocycles. The van der Waals surface area contributed by atoms with Crippen molar-refractivity contribution >= 4 is 11.9 Å². The lowest BCUT2D eigenvalue weighted by atomic mass is 10.0. The van der Waals surface area contributed by atoms with Gasteiger partial charge in [-0.05, 0) is 52.8 Å². The number of nitrogens with zero attached hydrogens (tertiary/aromatic N) is 4. The van der Waals surface area contributed by atoms with Crippen molar-refractivity contribution in [1.29, 1.82) is 0 Å².